The van der Waals surface area contributed by atoms with Crippen molar-refractivity contribution in [3.63, 3.8) is 0 Å². The summed E-state index contributed by atoms with van der Waals surface area (Å²) < 4.78 is 53.4. The maximum atomic E-state index is 12.6. The van der Waals surface area contributed by atoms with Crippen LogP contribution in [0.25, 0.3) is 0 Å². The second-order valence-electron chi connectivity index (χ2n) is 5.66. The maximum absolute atomic E-state index is 12.6. The monoisotopic (exact) mass is 383 g/mol. The molecule has 140 valence electrons. The van der Waals surface area contributed by atoms with Gasteiger partial charge in [-0.15, -0.1) is 0 Å². The lowest BCUT2D eigenvalue weighted by molar-refractivity contribution is 0.0741. The van der Waals surface area contributed by atoms with Crippen LogP contribution in [0.5, 0.6) is 5.75 Å². The van der Waals surface area contributed by atoms with Crippen molar-refractivity contribution < 1.29 is 26.7 Å². The average molecular weight is 383 g/mol. The summed E-state index contributed by atoms with van der Waals surface area (Å²) in [5.41, 5.74) is 1.00. The zero-order valence-corrected chi connectivity index (χ0v) is 15.3. The van der Waals surface area contributed by atoms with Crippen molar-refractivity contribution in [2.75, 3.05) is 14.2 Å². The number of hydrogen-bond donors (Lipinski definition) is 0. The second-order valence-corrected chi connectivity index (χ2v) is 7.58. The highest BCUT2D eigenvalue weighted by Crippen LogP contribution is 2.29. The largest absolute Gasteiger partial charge is 0.496 e. The summed E-state index contributed by atoms with van der Waals surface area (Å²) in [6.45, 7) is 1.82. The molecule has 0 saturated heterocycles. The Kier molecular flexibility index (Phi) is 5.97. The number of carbonyl (C=O) groups is 1. The lowest BCUT2D eigenvalue weighted by atomic mass is 10.0. The topological polar surface area (TPSA) is 63.7 Å². The number of nitrogens with zero attached hydrogens (tertiary/aromatic N) is 1. The quantitative estimate of drug-likeness (QED) is 0.766. The fourth-order valence-electron chi connectivity index (χ4n) is 2.49. The van der Waals surface area contributed by atoms with Gasteiger partial charge >= 0.3 is 5.76 Å². The number of alkyl halides is 2. The molecule has 26 heavy (non-hydrogen) atoms. The first kappa shape index (κ1) is 19.8. The van der Waals surface area contributed by atoms with Crippen LogP contribution in [0.4, 0.5) is 8.78 Å². The molecule has 0 saturated carbocycles. The zero-order valence-electron chi connectivity index (χ0n) is 14.5. The molecule has 0 spiro atoms. The van der Waals surface area contributed by atoms with E-state index in [1.807, 2.05) is 25.1 Å². The summed E-state index contributed by atoms with van der Waals surface area (Å²) in [4.78, 5) is 13.6. The first-order chi connectivity index (χ1) is 12.2. The molecule has 0 aliphatic heterocycles. The van der Waals surface area contributed by atoms with Crippen molar-refractivity contribution in [2.45, 2.75) is 23.6 Å². The third-order valence-electron chi connectivity index (χ3n) is 4.15. The summed E-state index contributed by atoms with van der Waals surface area (Å²) in [7, 11) is -1.54. The van der Waals surface area contributed by atoms with Crippen molar-refractivity contribution in [2.24, 2.45) is 0 Å². The van der Waals surface area contributed by atoms with Gasteiger partial charge in [0.25, 0.3) is 5.91 Å². The van der Waals surface area contributed by atoms with Gasteiger partial charge in [0.1, 0.15) is 5.75 Å². The summed E-state index contributed by atoms with van der Waals surface area (Å²) in [6.07, 6.45) is 0. The Morgan fingerprint density at radius 3 is 2.19 bits per heavy atom. The lowest BCUT2D eigenvalue weighted by Gasteiger charge is -2.26. The van der Waals surface area contributed by atoms with Crippen molar-refractivity contribution in [1.29, 1.82) is 0 Å². The van der Waals surface area contributed by atoms with Crippen LogP contribution in [-0.2, 0) is 9.84 Å². The maximum Gasteiger partial charge on any atom is 0.341 e. The molecule has 0 heterocycles. The molecule has 1 atom stereocenters. The molecule has 2 rings (SSSR count). The highest BCUT2D eigenvalue weighted by Gasteiger charge is 2.27. The van der Waals surface area contributed by atoms with Crippen molar-refractivity contribution in [3.8, 4) is 5.75 Å². The van der Waals surface area contributed by atoms with Gasteiger partial charge < -0.3 is 9.64 Å². The molecule has 2 aromatic rings. The van der Waals surface area contributed by atoms with E-state index in [4.69, 9.17) is 4.74 Å². The Balaban J connectivity index is 2.25. The number of benzene rings is 2. The van der Waals surface area contributed by atoms with Gasteiger partial charge in [-0.2, -0.15) is 8.78 Å². The Morgan fingerprint density at radius 2 is 1.65 bits per heavy atom. The number of para-hydroxylation sites is 1. The summed E-state index contributed by atoms with van der Waals surface area (Å²) >= 11 is 0. The normalized spacial score (nSPS) is 12.7. The van der Waals surface area contributed by atoms with Gasteiger partial charge in [0.15, 0.2) is 0 Å². The molecular formula is C18H19F2NO4S. The molecule has 0 bridgehead atoms. The summed E-state index contributed by atoms with van der Waals surface area (Å²) in [5, 5.41) is 0. The third kappa shape index (κ3) is 3.85. The predicted molar refractivity (Wildman–Crippen MR) is 93.1 cm³/mol. The number of rotatable bonds is 6. The van der Waals surface area contributed by atoms with E-state index in [1.54, 1.807) is 13.1 Å². The van der Waals surface area contributed by atoms with Crippen LogP contribution in [0, 0.1) is 0 Å². The number of methoxy groups -OCH3 is 1. The molecule has 0 aromatic heterocycles. The highest BCUT2D eigenvalue weighted by molar-refractivity contribution is 7.91. The Hall–Kier alpha value is -2.48. The molecule has 0 unspecified atom stereocenters. The molecule has 0 aliphatic rings. The van der Waals surface area contributed by atoms with E-state index in [9.17, 15) is 22.0 Å². The Bertz CT molecular complexity index is 882. The fourth-order valence-corrected chi connectivity index (χ4v) is 3.21. The SMILES string of the molecule is COc1ccccc1[C@H](C)N(C)C(=O)c1ccc(S(=O)(=O)C(F)F)cc1. The Labute approximate surface area is 151 Å². The van der Waals surface area contributed by atoms with E-state index in [0.29, 0.717) is 5.75 Å². The lowest BCUT2D eigenvalue weighted by Crippen LogP contribution is -2.30. The Morgan fingerprint density at radius 1 is 1.08 bits per heavy atom. The minimum Gasteiger partial charge on any atom is -0.496 e. The number of ether oxygens (including phenoxy) is 1. The van der Waals surface area contributed by atoms with Gasteiger partial charge in [0.05, 0.1) is 18.0 Å². The van der Waals surface area contributed by atoms with E-state index in [-0.39, 0.29) is 17.5 Å². The highest BCUT2D eigenvalue weighted by atomic mass is 32.2. The van der Waals surface area contributed by atoms with Gasteiger partial charge in [0, 0.05) is 18.2 Å². The number of hydrogen-bond acceptors (Lipinski definition) is 4. The second kappa shape index (κ2) is 7.82. The number of amides is 1. The molecular weight excluding hydrogens is 364 g/mol. The van der Waals surface area contributed by atoms with Gasteiger partial charge in [-0.25, -0.2) is 8.42 Å². The van der Waals surface area contributed by atoms with Crippen LogP contribution < -0.4 is 4.74 Å². The van der Waals surface area contributed by atoms with E-state index >= 15 is 0 Å². The zero-order chi connectivity index (χ0) is 19.5. The number of carbonyl (C=O) groups excluding carboxylic acids is 1. The first-order valence-electron chi connectivity index (χ1n) is 7.72. The van der Waals surface area contributed by atoms with Gasteiger partial charge in [-0.1, -0.05) is 18.2 Å². The average Bonchev–Trinajstić information content (AvgIpc) is 2.66. The van der Waals surface area contributed by atoms with Crippen molar-refractivity contribution in [3.05, 3.63) is 59.7 Å². The standard InChI is InChI=1S/C18H19F2NO4S/c1-12(15-6-4-5-7-16(15)25-3)21(2)17(22)13-8-10-14(11-9-13)26(23,24)18(19)20/h4-12,18H,1-3H3/t12-/m0/s1. The molecule has 0 N–H and O–H groups in total. The van der Waals surface area contributed by atoms with Crippen molar-refractivity contribution in [1.82, 2.24) is 4.90 Å². The van der Waals surface area contributed by atoms with Crippen LogP contribution in [0.15, 0.2) is 53.4 Å². The summed E-state index contributed by atoms with van der Waals surface area (Å²) in [5.74, 6) is -3.24. The van der Waals surface area contributed by atoms with E-state index in [1.165, 1.54) is 24.1 Å². The molecule has 1 amide bonds. The molecule has 0 aliphatic carbocycles. The predicted octanol–water partition coefficient (Wildman–Crippen LogP) is 3.52. The van der Waals surface area contributed by atoms with Crippen molar-refractivity contribution >= 4 is 15.7 Å². The van der Waals surface area contributed by atoms with Crippen LogP contribution in [-0.4, -0.2) is 39.1 Å². The minimum atomic E-state index is -4.68. The van der Waals surface area contributed by atoms with Gasteiger partial charge in [0.2, 0.25) is 9.84 Å². The molecule has 2 aromatic carbocycles. The van der Waals surface area contributed by atoms with Crippen LogP contribution in [0.1, 0.15) is 28.9 Å². The van der Waals surface area contributed by atoms with E-state index < -0.39 is 20.5 Å². The molecule has 8 heteroatoms. The first-order valence-corrected chi connectivity index (χ1v) is 9.27. The van der Waals surface area contributed by atoms with Gasteiger partial charge in [-0.3, -0.25) is 4.79 Å². The smallest absolute Gasteiger partial charge is 0.341 e. The minimum absolute atomic E-state index is 0.197. The molecule has 5 nitrogen and oxygen atoms in total. The molecule has 0 fully saturated rings. The van der Waals surface area contributed by atoms with E-state index in [0.717, 1.165) is 17.7 Å². The summed E-state index contributed by atoms with van der Waals surface area (Å²) in [6, 6.07) is 11.4. The van der Waals surface area contributed by atoms with Gasteiger partial charge in [-0.05, 0) is 37.3 Å². The van der Waals surface area contributed by atoms with Crippen LogP contribution in [0.2, 0.25) is 0 Å². The fraction of sp³-hybridized carbons (Fsp3) is 0.278. The van der Waals surface area contributed by atoms with Crippen LogP contribution >= 0.6 is 0 Å². The molecule has 0 radical (unpaired) electrons. The number of sulfone groups is 1. The van der Waals surface area contributed by atoms with Crippen LogP contribution in [0.3, 0.4) is 0 Å². The van der Waals surface area contributed by atoms with E-state index in [2.05, 4.69) is 0 Å². The number of halogens is 2. The third-order valence-corrected chi connectivity index (χ3v) is 5.55.